The molecule has 6 heteroatoms. The number of halogens is 1. The quantitative estimate of drug-likeness (QED) is 0.898. The van der Waals surface area contributed by atoms with E-state index in [9.17, 15) is 9.90 Å². The van der Waals surface area contributed by atoms with E-state index in [-0.39, 0.29) is 5.15 Å². The molecular weight excluding hydrogens is 266 g/mol. The van der Waals surface area contributed by atoms with Gasteiger partial charge in [0.1, 0.15) is 11.0 Å². The first-order chi connectivity index (χ1) is 9.02. The highest BCUT2D eigenvalue weighted by molar-refractivity contribution is 6.29. The van der Waals surface area contributed by atoms with Crippen molar-refractivity contribution in [1.82, 2.24) is 9.97 Å². The smallest absolute Gasteiger partial charge is 0.333 e. The summed E-state index contributed by atoms with van der Waals surface area (Å²) in [6, 6.07) is 8.85. The molecule has 5 nitrogen and oxygen atoms in total. The van der Waals surface area contributed by atoms with Crippen LogP contribution in [-0.4, -0.2) is 21.0 Å². The number of benzene rings is 1. The molecule has 2 N–H and O–H groups in total. The normalized spacial score (nSPS) is 13.6. The summed E-state index contributed by atoms with van der Waals surface area (Å²) in [5.74, 6) is -0.707. The fraction of sp³-hybridized carbons (Fsp3) is 0.154. The van der Waals surface area contributed by atoms with Crippen LogP contribution in [0.1, 0.15) is 12.5 Å². The average molecular weight is 278 g/mol. The number of carboxylic acid groups (broad SMARTS) is 1. The fourth-order valence-corrected chi connectivity index (χ4v) is 1.83. The molecule has 0 aliphatic carbocycles. The summed E-state index contributed by atoms with van der Waals surface area (Å²) in [4.78, 5) is 19.4. The van der Waals surface area contributed by atoms with E-state index in [2.05, 4.69) is 15.3 Å². The molecule has 1 heterocycles. The Morgan fingerprint density at radius 2 is 2.00 bits per heavy atom. The number of carboxylic acids is 1. The zero-order valence-corrected chi connectivity index (χ0v) is 10.9. The molecule has 0 spiro atoms. The van der Waals surface area contributed by atoms with Crippen LogP contribution in [0.5, 0.6) is 0 Å². The summed E-state index contributed by atoms with van der Waals surface area (Å²) in [5, 5.41) is 12.5. The summed E-state index contributed by atoms with van der Waals surface area (Å²) in [7, 11) is 0. The third kappa shape index (κ3) is 2.82. The number of aliphatic carboxylic acids is 1. The first kappa shape index (κ1) is 13.3. The molecule has 0 aliphatic rings. The Kier molecular flexibility index (Phi) is 3.66. The lowest BCUT2D eigenvalue weighted by Gasteiger charge is -2.27. The lowest BCUT2D eigenvalue weighted by Crippen LogP contribution is -2.40. The van der Waals surface area contributed by atoms with Gasteiger partial charge in [-0.15, -0.1) is 0 Å². The summed E-state index contributed by atoms with van der Waals surface area (Å²) < 4.78 is 0. The van der Waals surface area contributed by atoms with Crippen molar-refractivity contribution in [3.8, 4) is 0 Å². The number of rotatable bonds is 4. The number of nitrogens with zero attached hydrogens (tertiary/aromatic N) is 2. The predicted octanol–water partition coefficient (Wildman–Crippen LogP) is 2.54. The van der Waals surface area contributed by atoms with Gasteiger partial charge < -0.3 is 10.4 Å². The second-order valence-electron chi connectivity index (χ2n) is 4.15. The van der Waals surface area contributed by atoms with Gasteiger partial charge in [-0.2, -0.15) is 0 Å². The van der Waals surface area contributed by atoms with E-state index in [0.29, 0.717) is 11.4 Å². The number of nitrogens with one attached hydrogen (secondary N) is 1. The van der Waals surface area contributed by atoms with Gasteiger partial charge in [0.05, 0.1) is 12.4 Å². The Labute approximate surface area is 115 Å². The molecule has 1 atom stereocenters. The summed E-state index contributed by atoms with van der Waals surface area (Å²) >= 11 is 5.74. The maximum absolute atomic E-state index is 11.6. The van der Waals surface area contributed by atoms with Gasteiger partial charge in [-0.1, -0.05) is 41.9 Å². The Morgan fingerprint density at radius 3 is 2.58 bits per heavy atom. The molecule has 1 aromatic carbocycles. The average Bonchev–Trinajstić information content (AvgIpc) is 2.39. The SMILES string of the molecule is CC(Nc1cncc(Cl)n1)(C(=O)O)c1ccccc1. The molecule has 0 fully saturated rings. The van der Waals surface area contributed by atoms with Crippen LogP contribution in [0.2, 0.25) is 5.15 Å². The van der Waals surface area contributed by atoms with Crippen molar-refractivity contribution < 1.29 is 9.90 Å². The first-order valence-electron chi connectivity index (χ1n) is 5.57. The van der Waals surface area contributed by atoms with E-state index >= 15 is 0 Å². The lowest BCUT2D eigenvalue weighted by atomic mass is 9.92. The lowest BCUT2D eigenvalue weighted by molar-refractivity contribution is -0.142. The molecule has 0 bridgehead atoms. The van der Waals surface area contributed by atoms with Crippen LogP contribution in [0.3, 0.4) is 0 Å². The second kappa shape index (κ2) is 5.24. The highest BCUT2D eigenvalue weighted by Gasteiger charge is 2.35. The number of hydrogen-bond donors (Lipinski definition) is 2. The monoisotopic (exact) mass is 277 g/mol. The molecule has 0 saturated carbocycles. The Morgan fingerprint density at radius 1 is 1.32 bits per heavy atom. The highest BCUT2D eigenvalue weighted by Crippen LogP contribution is 2.25. The molecule has 0 radical (unpaired) electrons. The molecule has 98 valence electrons. The zero-order chi connectivity index (χ0) is 13.9. The third-order valence-corrected chi connectivity index (χ3v) is 2.94. The van der Waals surface area contributed by atoms with E-state index in [1.54, 1.807) is 31.2 Å². The van der Waals surface area contributed by atoms with Crippen molar-refractivity contribution in [3.63, 3.8) is 0 Å². The Hall–Kier alpha value is -2.14. The molecule has 0 aliphatic heterocycles. The van der Waals surface area contributed by atoms with E-state index in [1.165, 1.54) is 12.4 Å². The predicted molar refractivity (Wildman–Crippen MR) is 72.1 cm³/mol. The molecule has 2 rings (SSSR count). The van der Waals surface area contributed by atoms with Crippen molar-refractivity contribution in [2.24, 2.45) is 0 Å². The number of hydrogen-bond acceptors (Lipinski definition) is 4. The number of carbonyl (C=O) groups is 1. The molecule has 1 aromatic heterocycles. The van der Waals surface area contributed by atoms with Gasteiger partial charge in [0, 0.05) is 0 Å². The zero-order valence-electron chi connectivity index (χ0n) is 10.2. The topological polar surface area (TPSA) is 75.1 Å². The van der Waals surface area contributed by atoms with Gasteiger partial charge in [-0.05, 0) is 12.5 Å². The van der Waals surface area contributed by atoms with Gasteiger partial charge in [-0.25, -0.2) is 9.78 Å². The standard InChI is InChI=1S/C13H12ClN3O2/c1-13(12(18)19,9-5-3-2-4-6-9)17-11-8-15-7-10(14)16-11/h2-8H,1H3,(H,16,17)(H,18,19). The van der Waals surface area contributed by atoms with Crippen LogP contribution in [-0.2, 0) is 10.3 Å². The van der Waals surface area contributed by atoms with Crippen LogP contribution < -0.4 is 5.32 Å². The molecule has 2 aromatic rings. The highest BCUT2D eigenvalue weighted by atomic mass is 35.5. The van der Waals surface area contributed by atoms with Crippen molar-refractivity contribution in [2.75, 3.05) is 5.32 Å². The van der Waals surface area contributed by atoms with Gasteiger partial charge in [-0.3, -0.25) is 4.98 Å². The summed E-state index contributed by atoms with van der Waals surface area (Å²) in [6.07, 6.45) is 2.81. The van der Waals surface area contributed by atoms with Crippen molar-refractivity contribution in [3.05, 3.63) is 53.4 Å². The maximum atomic E-state index is 11.6. The van der Waals surface area contributed by atoms with Crippen LogP contribution in [0.25, 0.3) is 0 Å². The number of aromatic nitrogens is 2. The minimum atomic E-state index is -1.30. The summed E-state index contributed by atoms with van der Waals surface area (Å²) in [6.45, 7) is 1.56. The fourth-order valence-electron chi connectivity index (χ4n) is 1.68. The number of anilines is 1. The van der Waals surface area contributed by atoms with Gasteiger partial charge in [0.2, 0.25) is 0 Å². The summed E-state index contributed by atoms with van der Waals surface area (Å²) in [5.41, 5.74) is -0.690. The van der Waals surface area contributed by atoms with E-state index < -0.39 is 11.5 Å². The van der Waals surface area contributed by atoms with E-state index in [0.717, 1.165) is 0 Å². The molecular formula is C13H12ClN3O2. The second-order valence-corrected chi connectivity index (χ2v) is 4.54. The maximum Gasteiger partial charge on any atom is 0.333 e. The van der Waals surface area contributed by atoms with Crippen molar-refractivity contribution in [1.29, 1.82) is 0 Å². The van der Waals surface area contributed by atoms with Crippen molar-refractivity contribution >= 4 is 23.4 Å². The molecule has 0 saturated heterocycles. The molecule has 19 heavy (non-hydrogen) atoms. The third-order valence-electron chi connectivity index (χ3n) is 2.76. The Bertz CT molecular complexity index is 591. The minimum absolute atomic E-state index is 0.200. The van der Waals surface area contributed by atoms with Gasteiger partial charge in [0.15, 0.2) is 5.54 Å². The van der Waals surface area contributed by atoms with E-state index in [4.69, 9.17) is 11.6 Å². The minimum Gasteiger partial charge on any atom is -0.479 e. The Balaban J connectivity index is 2.39. The van der Waals surface area contributed by atoms with Gasteiger partial charge >= 0.3 is 5.97 Å². The van der Waals surface area contributed by atoms with Gasteiger partial charge in [0.25, 0.3) is 0 Å². The molecule has 0 amide bonds. The van der Waals surface area contributed by atoms with Crippen LogP contribution in [0.4, 0.5) is 5.82 Å². The van der Waals surface area contributed by atoms with Crippen LogP contribution in [0, 0.1) is 0 Å². The largest absolute Gasteiger partial charge is 0.479 e. The first-order valence-corrected chi connectivity index (χ1v) is 5.95. The molecule has 1 unspecified atom stereocenters. The van der Waals surface area contributed by atoms with Crippen LogP contribution >= 0.6 is 11.6 Å². The van der Waals surface area contributed by atoms with E-state index in [1.807, 2.05) is 6.07 Å². The van der Waals surface area contributed by atoms with Crippen molar-refractivity contribution in [2.45, 2.75) is 12.5 Å². The van der Waals surface area contributed by atoms with Crippen LogP contribution in [0.15, 0.2) is 42.7 Å².